The highest BCUT2D eigenvalue weighted by Crippen LogP contribution is 2.21. The van der Waals surface area contributed by atoms with E-state index in [-0.39, 0.29) is 12.5 Å². The minimum atomic E-state index is -0.224. The van der Waals surface area contributed by atoms with E-state index in [4.69, 9.17) is 5.90 Å². The monoisotopic (exact) mass is 289 g/mol. The van der Waals surface area contributed by atoms with Gasteiger partial charge >= 0.3 is 0 Å². The van der Waals surface area contributed by atoms with Crippen LogP contribution in [0.25, 0.3) is 0 Å². The summed E-state index contributed by atoms with van der Waals surface area (Å²) in [5.41, 5.74) is 4.18. The Labute approximate surface area is 123 Å². The maximum absolute atomic E-state index is 12.4. The number of nitrogens with zero attached hydrogens (tertiary/aromatic N) is 3. The number of carbonyl (C=O) groups excluding carboxylic acids is 1. The van der Waals surface area contributed by atoms with Crippen LogP contribution < -0.4 is 11.2 Å². The highest BCUT2D eigenvalue weighted by molar-refractivity contribution is 6.05. The molecule has 0 bridgehead atoms. The fourth-order valence-electron chi connectivity index (χ4n) is 2.16. The zero-order valence-corrected chi connectivity index (χ0v) is 12.6. The first-order valence-electron chi connectivity index (χ1n) is 6.52. The van der Waals surface area contributed by atoms with Gasteiger partial charge in [0.25, 0.3) is 5.91 Å². The topological polar surface area (TPSA) is 95.1 Å². The lowest BCUT2D eigenvalue weighted by Gasteiger charge is -2.09. The van der Waals surface area contributed by atoms with E-state index in [9.17, 15) is 4.79 Å². The molecule has 0 spiro atoms. The first-order valence-corrected chi connectivity index (χ1v) is 6.52. The average Bonchev–Trinajstić information content (AvgIpc) is 2.69. The molecule has 2 heterocycles. The average molecular weight is 289 g/mol. The lowest BCUT2D eigenvalue weighted by Crippen LogP contribution is -2.16. The molecule has 0 fully saturated rings. The summed E-state index contributed by atoms with van der Waals surface area (Å²) in [6.45, 7) is 5.68. The van der Waals surface area contributed by atoms with Crippen LogP contribution in [0, 0.1) is 20.8 Å². The summed E-state index contributed by atoms with van der Waals surface area (Å²) in [6.07, 6.45) is 1.73. The molecule has 0 saturated carbocycles. The number of rotatable bonds is 4. The minimum Gasteiger partial charge on any atom is -0.319 e. The van der Waals surface area contributed by atoms with Crippen molar-refractivity contribution in [2.45, 2.75) is 27.4 Å². The molecule has 0 aliphatic carbocycles. The van der Waals surface area contributed by atoms with Gasteiger partial charge in [-0.2, -0.15) is 5.10 Å². The molecule has 112 valence electrons. The van der Waals surface area contributed by atoms with Gasteiger partial charge in [-0.3, -0.25) is 19.3 Å². The molecule has 1 amide bonds. The van der Waals surface area contributed by atoms with Crippen molar-refractivity contribution in [2.24, 2.45) is 12.9 Å². The van der Waals surface area contributed by atoms with Crippen molar-refractivity contribution in [3.8, 4) is 0 Å². The number of hydrogen-bond acceptors (Lipinski definition) is 5. The minimum absolute atomic E-state index is 0.165. The molecule has 0 aromatic carbocycles. The van der Waals surface area contributed by atoms with Gasteiger partial charge in [-0.1, -0.05) is 0 Å². The maximum atomic E-state index is 12.4. The van der Waals surface area contributed by atoms with Crippen LogP contribution in [0.15, 0.2) is 12.3 Å². The molecule has 0 aliphatic rings. The van der Waals surface area contributed by atoms with Gasteiger partial charge in [-0.05, 0) is 32.4 Å². The van der Waals surface area contributed by atoms with Crippen LogP contribution in [0.5, 0.6) is 0 Å². The first kappa shape index (κ1) is 15.1. The predicted octanol–water partition coefficient (Wildman–Crippen LogP) is 1.38. The molecule has 0 radical (unpaired) electrons. The Bertz CT molecular complexity index is 678. The van der Waals surface area contributed by atoms with Crippen LogP contribution in [-0.2, 0) is 18.5 Å². The van der Waals surface area contributed by atoms with Gasteiger partial charge in [0.2, 0.25) is 0 Å². The second kappa shape index (κ2) is 6.02. The lowest BCUT2D eigenvalue weighted by molar-refractivity contribution is 0.102. The van der Waals surface area contributed by atoms with Crippen molar-refractivity contribution in [2.75, 3.05) is 5.32 Å². The van der Waals surface area contributed by atoms with Crippen LogP contribution in [0.3, 0.4) is 0 Å². The van der Waals surface area contributed by atoms with Gasteiger partial charge in [0, 0.05) is 18.9 Å². The van der Waals surface area contributed by atoms with Crippen molar-refractivity contribution < 1.29 is 9.63 Å². The summed E-state index contributed by atoms with van der Waals surface area (Å²) >= 11 is 0. The summed E-state index contributed by atoms with van der Waals surface area (Å²) in [6, 6.07) is 1.81. The molecule has 2 aromatic heterocycles. The van der Waals surface area contributed by atoms with Crippen molar-refractivity contribution in [1.82, 2.24) is 14.8 Å². The molecule has 0 unspecified atom stereocenters. The number of hydrogen-bond donors (Lipinski definition) is 2. The van der Waals surface area contributed by atoms with E-state index in [0.717, 1.165) is 5.56 Å². The van der Waals surface area contributed by atoms with Gasteiger partial charge < -0.3 is 5.32 Å². The van der Waals surface area contributed by atoms with Crippen LogP contribution in [0.1, 0.15) is 33.0 Å². The van der Waals surface area contributed by atoms with Crippen molar-refractivity contribution in [3.05, 3.63) is 40.5 Å². The number of aryl methyl sites for hydroxylation is 4. The third kappa shape index (κ3) is 3.09. The quantitative estimate of drug-likeness (QED) is 0.829. The number of nitrogens with two attached hydrogens (primary N) is 1. The fourth-order valence-corrected chi connectivity index (χ4v) is 2.16. The van der Waals surface area contributed by atoms with Gasteiger partial charge in [0.1, 0.15) is 6.61 Å². The number of nitrogens with one attached hydrogen (secondary N) is 1. The second-order valence-electron chi connectivity index (χ2n) is 4.94. The normalized spacial score (nSPS) is 10.7. The zero-order chi connectivity index (χ0) is 15.6. The molecular weight excluding hydrogens is 270 g/mol. The van der Waals surface area contributed by atoms with E-state index >= 15 is 0 Å². The molecule has 2 aromatic rings. The molecule has 2 rings (SSSR count). The Kier molecular flexibility index (Phi) is 4.35. The fraction of sp³-hybridized carbons (Fsp3) is 0.357. The largest absolute Gasteiger partial charge is 0.319 e. The standard InChI is InChI=1S/C14H19N5O2/c1-8-5-11(9(2)16-6-8)14(20)17-13-10(3)18-19(4)12(13)7-21-15/h5-6H,7,15H2,1-4H3,(H,17,20). The van der Waals surface area contributed by atoms with E-state index in [1.165, 1.54) is 0 Å². The highest BCUT2D eigenvalue weighted by Gasteiger charge is 2.18. The lowest BCUT2D eigenvalue weighted by atomic mass is 10.1. The summed E-state index contributed by atoms with van der Waals surface area (Å²) in [4.78, 5) is 21.3. The molecule has 7 heteroatoms. The predicted molar refractivity (Wildman–Crippen MR) is 78.6 cm³/mol. The number of pyridine rings is 1. The zero-order valence-electron chi connectivity index (χ0n) is 12.6. The van der Waals surface area contributed by atoms with E-state index in [1.54, 1.807) is 24.9 Å². The summed E-state index contributed by atoms with van der Waals surface area (Å²) in [5, 5.41) is 7.14. The van der Waals surface area contributed by atoms with Crippen molar-refractivity contribution in [3.63, 3.8) is 0 Å². The number of amides is 1. The Morgan fingerprint density at radius 1 is 1.38 bits per heavy atom. The first-order chi connectivity index (χ1) is 9.93. The molecule has 0 aliphatic heterocycles. The SMILES string of the molecule is Cc1cnc(C)c(C(=O)Nc2c(C)nn(C)c2CON)c1. The molecule has 0 saturated heterocycles. The smallest absolute Gasteiger partial charge is 0.257 e. The summed E-state index contributed by atoms with van der Waals surface area (Å²) in [5.74, 6) is 4.91. The van der Waals surface area contributed by atoms with Crippen LogP contribution >= 0.6 is 0 Å². The Hall–Kier alpha value is -2.25. The van der Waals surface area contributed by atoms with Crippen LogP contribution in [0.2, 0.25) is 0 Å². The number of carbonyl (C=O) groups is 1. The van der Waals surface area contributed by atoms with Crippen LogP contribution in [-0.4, -0.2) is 20.7 Å². The van der Waals surface area contributed by atoms with Crippen molar-refractivity contribution in [1.29, 1.82) is 0 Å². The van der Waals surface area contributed by atoms with Crippen LogP contribution in [0.4, 0.5) is 5.69 Å². The Morgan fingerprint density at radius 3 is 2.76 bits per heavy atom. The van der Waals surface area contributed by atoms with E-state index in [2.05, 4.69) is 20.2 Å². The summed E-state index contributed by atoms with van der Waals surface area (Å²) < 4.78 is 1.64. The highest BCUT2D eigenvalue weighted by atomic mass is 16.6. The van der Waals surface area contributed by atoms with Gasteiger partial charge in [0.15, 0.2) is 0 Å². The molecule has 7 nitrogen and oxygen atoms in total. The van der Waals surface area contributed by atoms with E-state index in [1.807, 2.05) is 19.9 Å². The van der Waals surface area contributed by atoms with E-state index < -0.39 is 0 Å². The number of anilines is 1. The molecular formula is C14H19N5O2. The third-order valence-electron chi connectivity index (χ3n) is 3.27. The Balaban J connectivity index is 2.33. The molecule has 21 heavy (non-hydrogen) atoms. The Morgan fingerprint density at radius 2 is 2.10 bits per heavy atom. The van der Waals surface area contributed by atoms with Gasteiger partial charge in [-0.25, -0.2) is 5.90 Å². The van der Waals surface area contributed by atoms with Gasteiger partial charge in [-0.15, -0.1) is 0 Å². The maximum Gasteiger partial charge on any atom is 0.257 e. The molecule has 0 atom stereocenters. The second-order valence-corrected chi connectivity index (χ2v) is 4.94. The third-order valence-corrected chi connectivity index (χ3v) is 3.27. The summed E-state index contributed by atoms with van der Waals surface area (Å²) in [7, 11) is 1.77. The number of aromatic nitrogens is 3. The van der Waals surface area contributed by atoms with E-state index in [0.29, 0.717) is 28.3 Å². The van der Waals surface area contributed by atoms with Gasteiger partial charge in [0.05, 0.1) is 22.6 Å². The molecule has 3 N–H and O–H groups in total. The van der Waals surface area contributed by atoms with Crippen molar-refractivity contribution >= 4 is 11.6 Å².